The number of aryl methyl sites for hydroxylation is 1. The first-order valence-electron chi connectivity index (χ1n) is 8.55. The molecule has 0 saturated carbocycles. The maximum Gasteiger partial charge on any atom is 0.220 e. The number of carbonyl (C=O) groups is 1. The highest BCUT2D eigenvalue weighted by atomic mass is 19.1. The van der Waals surface area contributed by atoms with Crippen molar-refractivity contribution < 1.29 is 9.18 Å². The maximum absolute atomic E-state index is 12.9. The third kappa shape index (κ3) is 4.44. The van der Waals surface area contributed by atoms with Gasteiger partial charge < -0.3 is 9.88 Å². The Balaban J connectivity index is 1.42. The van der Waals surface area contributed by atoms with Crippen LogP contribution < -0.4 is 5.32 Å². The highest BCUT2D eigenvalue weighted by molar-refractivity contribution is 5.77. The average Bonchev–Trinajstić information content (AvgIpc) is 3.02. The van der Waals surface area contributed by atoms with E-state index in [1.807, 2.05) is 37.5 Å². The molecule has 25 heavy (non-hydrogen) atoms. The summed E-state index contributed by atoms with van der Waals surface area (Å²) in [6, 6.07) is 14.3. The summed E-state index contributed by atoms with van der Waals surface area (Å²) < 4.78 is 15.0. The first-order valence-corrected chi connectivity index (χ1v) is 8.55. The minimum Gasteiger partial charge on any atom is -0.356 e. The van der Waals surface area contributed by atoms with Gasteiger partial charge in [0.15, 0.2) is 0 Å². The van der Waals surface area contributed by atoms with Crippen molar-refractivity contribution >= 4 is 16.9 Å². The van der Waals surface area contributed by atoms with E-state index in [1.54, 1.807) is 12.1 Å². The molecule has 1 amide bonds. The summed E-state index contributed by atoms with van der Waals surface area (Å²) in [7, 11) is 0. The molecule has 0 radical (unpaired) electrons. The fraction of sp³-hybridized carbons (Fsp3) is 0.300. The molecule has 0 saturated heterocycles. The smallest absolute Gasteiger partial charge is 0.220 e. The first kappa shape index (κ1) is 17.1. The SMILES string of the molecule is C[C@H](CC(=O)NCCCn1cnc2ccccc21)c1ccc(F)cc1. The number of fused-ring (bicyclic) bond motifs is 1. The summed E-state index contributed by atoms with van der Waals surface area (Å²) >= 11 is 0. The Labute approximate surface area is 146 Å². The second-order valence-electron chi connectivity index (χ2n) is 6.29. The van der Waals surface area contributed by atoms with Crippen molar-refractivity contribution in [1.29, 1.82) is 0 Å². The third-order valence-corrected chi connectivity index (χ3v) is 4.36. The van der Waals surface area contributed by atoms with Crippen LogP contribution in [0.4, 0.5) is 4.39 Å². The van der Waals surface area contributed by atoms with Crippen molar-refractivity contribution in [3.63, 3.8) is 0 Å². The molecule has 3 aromatic rings. The largest absolute Gasteiger partial charge is 0.356 e. The Morgan fingerprint density at radius 3 is 2.76 bits per heavy atom. The summed E-state index contributed by atoms with van der Waals surface area (Å²) in [5.74, 6) is -0.169. The van der Waals surface area contributed by atoms with Crippen LogP contribution in [0.5, 0.6) is 0 Å². The molecular formula is C20H22FN3O. The lowest BCUT2D eigenvalue weighted by molar-refractivity contribution is -0.121. The number of aromatic nitrogens is 2. The molecule has 5 heteroatoms. The quantitative estimate of drug-likeness (QED) is 0.664. The van der Waals surface area contributed by atoms with Crippen molar-refractivity contribution in [2.75, 3.05) is 6.54 Å². The van der Waals surface area contributed by atoms with Crippen LogP contribution in [0.15, 0.2) is 54.9 Å². The van der Waals surface area contributed by atoms with Gasteiger partial charge in [0.2, 0.25) is 5.91 Å². The van der Waals surface area contributed by atoms with Gasteiger partial charge in [0.05, 0.1) is 17.4 Å². The molecule has 1 aromatic heterocycles. The van der Waals surface area contributed by atoms with E-state index in [2.05, 4.69) is 14.9 Å². The summed E-state index contributed by atoms with van der Waals surface area (Å²) in [5.41, 5.74) is 3.07. The third-order valence-electron chi connectivity index (χ3n) is 4.36. The lowest BCUT2D eigenvalue weighted by Gasteiger charge is -2.12. The first-order chi connectivity index (χ1) is 12.1. The maximum atomic E-state index is 12.9. The van der Waals surface area contributed by atoms with E-state index < -0.39 is 0 Å². The van der Waals surface area contributed by atoms with Gasteiger partial charge in [-0.3, -0.25) is 4.79 Å². The van der Waals surface area contributed by atoms with Gasteiger partial charge in [-0.25, -0.2) is 9.37 Å². The molecular weight excluding hydrogens is 317 g/mol. The zero-order valence-corrected chi connectivity index (χ0v) is 14.3. The van der Waals surface area contributed by atoms with Crippen molar-refractivity contribution in [3.05, 3.63) is 66.2 Å². The number of nitrogens with one attached hydrogen (secondary N) is 1. The van der Waals surface area contributed by atoms with E-state index >= 15 is 0 Å². The number of amides is 1. The molecule has 0 spiro atoms. The Hall–Kier alpha value is -2.69. The van der Waals surface area contributed by atoms with Crippen LogP contribution in [0.3, 0.4) is 0 Å². The van der Waals surface area contributed by atoms with Crippen LogP contribution in [0, 0.1) is 5.82 Å². The van der Waals surface area contributed by atoms with E-state index in [4.69, 9.17) is 0 Å². The predicted octanol–water partition coefficient (Wildman–Crippen LogP) is 3.88. The van der Waals surface area contributed by atoms with Crippen molar-refractivity contribution in [2.24, 2.45) is 0 Å². The van der Waals surface area contributed by atoms with Crippen LogP contribution in [-0.2, 0) is 11.3 Å². The lowest BCUT2D eigenvalue weighted by atomic mass is 9.97. The molecule has 3 rings (SSSR count). The number of benzene rings is 2. The Kier molecular flexibility index (Phi) is 5.43. The topological polar surface area (TPSA) is 46.9 Å². The van der Waals surface area contributed by atoms with Gasteiger partial charge in [-0.2, -0.15) is 0 Å². The summed E-state index contributed by atoms with van der Waals surface area (Å²) in [6.07, 6.45) is 3.08. The fourth-order valence-corrected chi connectivity index (χ4v) is 2.93. The molecule has 4 nitrogen and oxygen atoms in total. The van der Waals surface area contributed by atoms with E-state index in [9.17, 15) is 9.18 Å². The second kappa shape index (κ2) is 7.92. The molecule has 0 fully saturated rings. The second-order valence-corrected chi connectivity index (χ2v) is 6.29. The van der Waals surface area contributed by atoms with Crippen LogP contribution >= 0.6 is 0 Å². The number of carbonyl (C=O) groups excluding carboxylic acids is 1. The zero-order chi connectivity index (χ0) is 17.6. The minimum absolute atomic E-state index is 0.0207. The lowest BCUT2D eigenvalue weighted by Crippen LogP contribution is -2.26. The molecule has 1 atom stereocenters. The molecule has 0 unspecified atom stereocenters. The van der Waals surface area contributed by atoms with Gasteiger partial charge in [-0.05, 0) is 42.2 Å². The monoisotopic (exact) mass is 339 g/mol. The van der Waals surface area contributed by atoms with E-state index in [-0.39, 0.29) is 17.6 Å². The van der Waals surface area contributed by atoms with Gasteiger partial charge in [-0.1, -0.05) is 31.2 Å². The number of imidazole rings is 1. The Morgan fingerprint density at radius 2 is 1.96 bits per heavy atom. The highest BCUT2D eigenvalue weighted by Gasteiger charge is 2.11. The molecule has 2 aromatic carbocycles. The number of para-hydroxylation sites is 2. The standard InChI is InChI=1S/C20H22FN3O/c1-15(16-7-9-17(21)10-8-16)13-20(25)22-11-4-12-24-14-23-18-5-2-3-6-19(18)24/h2-3,5-10,14-15H,4,11-13H2,1H3,(H,22,25)/t15-/m1/s1. The van der Waals surface area contributed by atoms with Crippen molar-refractivity contribution in [2.45, 2.75) is 32.2 Å². The Morgan fingerprint density at radius 1 is 1.20 bits per heavy atom. The van der Waals surface area contributed by atoms with Crippen molar-refractivity contribution in [3.8, 4) is 0 Å². The van der Waals surface area contributed by atoms with E-state index in [1.165, 1.54) is 12.1 Å². The predicted molar refractivity (Wildman–Crippen MR) is 96.8 cm³/mol. The molecule has 130 valence electrons. The highest BCUT2D eigenvalue weighted by Crippen LogP contribution is 2.19. The van der Waals surface area contributed by atoms with E-state index in [0.29, 0.717) is 13.0 Å². The summed E-state index contributed by atoms with van der Waals surface area (Å²) in [4.78, 5) is 16.4. The van der Waals surface area contributed by atoms with Gasteiger partial charge in [0.25, 0.3) is 0 Å². The van der Waals surface area contributed by atoms with Crippen LogP contribution in [0.1, 0.15) is 31.2 Å². The number of nitrogens with zero attached hydrogens (tertiary/aromatic N) is 2. The van der Waals surface area contributed by atoms with Gasteiger partial charge in [-0.15, -0.1) is 0 Å². The molecule has 0 aliphatic heterocycles. The Bertz CT molecular complexity index is 842. The molecule has 1 N–H and O–H groups in total. The van der Waals surface area contributed by atoms with Gasteiger partial charge in [0.1, 0.15) is 5.82 Å². The zero-order valence-electron chi connectivity index (χ0n) is 14.3. The normalized spacial score (nSPS) is 12.2. The summed E-state index contributed by atoms with van der Waals surface area (Å²) in [6.45, 7) is 3.42. The van der Waals surface area contributed by atoms with Crippen LogP contribution in [0.2, 0.25) is 0 Å². The molecule has 0 aliphatic carbocycles. The number of halogens is 1. The van der Waals surface area contributed by atoms with Gasteiger partial charge in [0, 0.05) is 19.5 Å². The van der Waals surface area contributed by atoms with Crippen molar-refractivity contribution in [1.82, 2.24) is 14.9 Å². The van der Waals surface area contributed by atoms with Gasteiger partial charge >= 0.3 is 0 Å². The summed E-state index contributed by atoms with van der Waals surface area (Å²) in [5, 5.41) is 2.96. The molecule has 1 heterocycles. The number of hydrogen-bond acceptors (Lipinski definition) is 2. The molecule has 0 bridgehead atoms. The van der Waals surface area contributed by atoms with E-state index in [0.717, 1.165) is 29.6 Å². The fourth-order valence-electron chi connectivity index (χ4n) is 2.93. The minimum atomic E-state index is -0.257. The van der Waals surface area contributed by atoms with Crippen LogP contribution in [0.25, 0.3) is 11.0 Å². The number of hydrogen-bond donors (Lipinski definition) is 1. The number of rotatable bonds is 7. The molecule has 0 aliphatic rings. The average molecular weight is 339 g/mol. The van der Waals surface area contributed by atoms with Crippen LogP contribution in [-0.4, -0.2) is 22.0 Å².